The first kappa shape index (κ1) is 16.9. The van der Waals surface area contributed by atoms with Crippen LogP contribution in [0.15, 0.2) is 10.9 Å². The monoisotopic (exact) mass is 319 g/mol. The topological polar surface area (TPSA) is 68.4 Å². The molecule has 1 heterocycles. The summed E-state index contributed by atoms with van der Waals surface area (Å²) in [4.78, 5) is 23.9. The van der Waals surface area contributed by atoms with E-state index in [9.17, 15) is 35.9 Å². The molecule has 1 rings (SSSR count). The highest BCUT2D eigenvalue weighted by molar-refractivity contribution is 5.90. The summed E-state index contributed by atoms with van der Waals surface area (Å²) >= 11 is 0. The summed E-state index contributed by atoms with van der Waals surface area (Å²) in [6.45, 7) is 1.04. The highest BCUT2D eigenvalue weighted by atomic mass is 19.4. The van der Waals surface area contributed by atoms with Gasteiger partial charge >= 0.3 is 18.5 Å². The van der Waals surface area contributed by atoms with Crippen LogP contribution in [0, 0.1) is 0 Å². The van der Waals surface area contributed by atoms with Crippen molar-refractivity contribution >= 4 is 5.97 Å². The predicted molar refractivity (Wildman–Crippen MR) is 54.7 cm³/mol. The minimum atomic E-state index is -5.36. The van der Waals surface area contributed by atoms with E-state index < -0.39 is 41.1 Å². The molecule has 0 amide bonds. The largest absolute Gasteiger partial charge is 0.573 e. The Morgan fingerprint density at radius 1 is 1.24 bits per heavy atom. The Morgan fingerprint density at radius 2 is 1.81 bits per heavy atom. The van der Waals surface area contributed by atoms with Crippen LogP contribution >= 0.6 is 0 Å². The van der Waals surface area contributed by atoms with E-state index >= 15 is 0 Å². The number of H-pyrrole nitrogens is 1. The second kappa shape index (κ2) is 5.66. The number of alkyl halides is 6. The molecule has 1 N–H and O–H groups in total. The minimum Gasteiger partial charge on any atom is -0.461 e. The van der Waals surface area contributed by atoms with Gasteiger partial charge < -0.3 is 14.5 Å². The Bertz CT molecular complexity index is 589. The van der Waals surface area contributed by atoms with Crippen molar-refractivity contribution < 1.29 is 40.6 Å². The Balaban J connectivity index is 3.46. The molecule has 0 fully saturated rings. The van der Waals surface area contributed by atoms with E-state index in [1.54, 1.807) is 0 Å². The number of carbonyl (C=O) groups is 1. The zero-order valence-electron chi connectivity index (χ0n) is 10.2. The van der Waals surface area contributed by atoms with E-state index in [4.69, 9.17) is 0 Å². The summed E-state index contributed by atoms with van der Waals surface area (Å²) in [6.07, 6.45) is -10.6. The molecule has 0 radical (unpaired) electrons. The van der Waals surface area contributed by atoms with E-state index in [0.717, 1.165) is 0 Å². The van der Waals surface area contributed by atoms with Gasteiger partial charge in [0.2, 0.25) is 0 Å². The Kier molecular flexibility index (Phi) is 4.54. The number of rotatable bonds is 3. The van der Waals surface area contributed by atoms with E-state index in [1.165, 1.54) is 11.9 Å². The van der Waals surface area contributed by atoms with Gasteiger partial charge in [-0.25, -0.2) is 4.79 Å². The molecule has 0 saturated heterocycles. The van der Waals surface area contributed by atoms with Crippen molar-refractivity contribution in [2.24, 2.45) is 0 Å². The molecule has 0 aliphatic heterocycles. The summed E-state index contributed by atoms with van der Waals surface area (Å²) in [5.41, 5.74) is -4.89. The average Bonchev–Trinajstić information content (AvgIpc) is 2.28. The second-order valence-electron chi connectivity index (χ2n) is 3.52. The lowest BCUT2D eigenvalue weighted by molar-refractivity contribution is -0.275. The number of hydrogen-bond donors (Lipinski definition) is 1. The molecule has 0 saturated carbocycles. The number of aromatic amines is 1. The van der Waals surface area contributed by atoms with Crippen molar-refractivity contribution in [2.75, 3.05) is 6.61 Å². The van der Waals surface area contributed by atoms with Crippen LogP contribution in [0.25, 0.3) is 0 Å². The zero-order valence-corrected chi connectivity index (χ0v) is 10.2. The molecule has 0 bridgehead atoms. The lowest BCUT2D eigenvalue weighted by Crippen LogP contribution is -2.27. The quantitative estimate of drug-likeness (QED) is 0.686. The number of hydrogen-bond acceptors (Lipinski definition) is 4. The zero-order chi connectivity index (χ0) is 16.4. The first-order valence-corrected chi connectivity index (χ1v) is 5.23. The molecular formula is C10H7F6NO4. The van der Waals surface area contributed by atoms with Crippen LogP contribution in [-0.4, -0.2) is 23.9 Å². The number of pyridine rings is 1. The Morgan fingerprint density at radius 3 is 2.24 bits per heavy atom. The number of ether oxygens (including phenoxy) is 2. The molecule has 0 spiro atoms. The van der Waals surface area contributed by atoms with Crippen LogP contribution in [0.2, 0.25) is 0 Å². The number of aromatic nitrogens is 1. The van der Waals surface area contributed by atoms with Gasteiger partial charge in [0.25, 0.3) is 5.56 Å². The molecule has 5 nitrogen and oxygen atoms in total. The van der Waals surface area contributed by atoms with Gasteiger partial charge in [-0.1, -0.05) is 0 Å². The molecule has 0 unspecified atom stereocenters. The molecule has 11 heteroatoms. The summed E-state index contributed by atoms with van der Waals surface area (Å²) in [7, 11) is 0. The second-order valence-corrected chi connectivity index (χ2v) is 3.52. The average molecular weight is 319 g/mol. The van der Waals surface area contributed by atoms with Gasteiger partial charge in [-0.2, -0.15) is 13.2 Å². The Hall–Kier alpha value is -2.20. The maximum atomic E-state index is 12.5. The van der Waals surface area contributed by atoms with Crippen LogP contribution < -0.4 is 10.3 Å². The lowest BCUT2D eigenvalue weighted by Gasteiger charge is -2.14. The van der Waals surface area contributed by atoms with Gasteiger partial charge in [0, 0.05) is 6.07 Å². The van der Waals surface area contributed by atoms with E-state index in [2.05, 4.69) is 9.47 Å². The molecule has 0 aromatic carbocycles. The smallest absolute Gasteiger partial charge is 0.461 e. The third-order valence-corrected chi connectivity index (χ3v) is 2.02. The summed E-state index contributed by atoms with van der Waals surface area (Å²) in [5, 5.41) is 0. The molecular weight excluding hydrogens is 312 g/mol. The molecule has 118 valence electrons. The SMILES string of the molecule is CCOC(=O)c1[nH]c(=O)c(C(F)(F)F)cc1OC(F)(F)F. The van der Waals surface area contributed by atoms with Crippen LogP contribution in [0.5, 0.6) is 5.75 Å². The van der Waals surface area contributed by atoms with Gasteiger partial charge in [-0.3, -0.25) is 4.79 Å². The standard InChI is InChI=1S/C10H7F6NO4/c1-2-20-8(19)6-5(21-10(14,15)16)3-4(7(18)17-6)9(11,12)13/h3H,2H2,1H3,(H,17,18). The van der Waals surface area contributed by atoms with Crippen molar-refractivity contribution in [3.8, 4) is 5.75 Å². The van der Waals surface area contributed by atoms with Crippen molar-refractivity contribution in [2.45, 2.75) is 19.5 Å². The van der Waals surface area contributed by atoms with E-state index in [-0.39, 0.29) is 12.7 Å². The molecule has 1 aromatic heterocycles. The summed E-state index contributed by atoms with van der Waals surface area (Å²) in [6, 6.07) is -0.210. The maximum Gasteiger partial charge on any atom is 0.573 e. The number of esters is 1. The third-order valence-electron chi connectivity index (χ3n) is 2.02. The van der Waals surface area contributed by atoms with Crippen LogP contribution in [0.4, 0.5) is 26.3 Å². The minimum absolute atomic E-state index is 0.210. The number of halogens is 6. The van der Waals surface area contributed by atoms with Crippen molar-refractivity contribution in [3.05, 3.63) is 27.7 Å². The molecule has 0 atom stereocenters. The summed E-state index contributed by atoms with van der Waals surface area (Å²) < 4.78 is 81.5. The first-order chi connectivity index (χ1) is 9.45. The van der Waals surface area contributed by atoms with Crippen LogP contribution in [0.1, 0.15) is 23.0 Å². The number of carbonyl (C=O) groups excluding carboxylic acids is 1. The predicted octanol–water partition coefficient (Wildman–Crippen LogP) is 2.47. The highest BCUT2D eigenvalue weighted by Gasteiger charge is 2.39. The Labute approximate surface area is 112 Å². The fourth-order valence-corrected chi connectivity index (χ4v) is 1.28. The van der Waals surface area contributed by atoms with Gasteiger partial charge in [0.1, 0.15) is 5.56 Å². The van der Waals surface area contributed by atoms with Gasteiger partial charge in [0.15, 0.2) is 11.4 Å². The highest BCUT2D eigenvalue weighted by Crippen LogP contribution is 2.32. The lowest BCUT2D eigenvalue weighted by atomic mass is 10.2. The van der Waals surface area contributed by atoms with E-state index in [1.807, 2.05) is 0 Å². The maximum absolute atomic E-state index is 12.5. The van der Waals surface area contributed by atoms with Crippen molar-refractivity contribution in [3.63, 3.8) is 0 Å². The third kappa shape index (κ3) is 4.39. The summed E-state index contributed by atoms with van der Waals surface area (Å²) in [5.74, 6) is -2.96. The number of nitrogens with one attached hydrogen (secondary N) is 1. The van der Waals surface area contributed by atoms with E-state index in [0.29, 0.717) is 0 Å². The van der Waals surface area contributed by atoms with Crippen molar-refractivity contribution in [1.29, 1.82) is 0 Å². The van der Waals surface area contributed by atoms with Gasteiger partial charge in [-0.15, -0.1) is 13.2 Å². The van der Waals surface area contributed by atoms with Crippen LogP contribution in [-0.2, 0) is 10.9 Å². The van der Waals surface area contributed by atoms with Crippen molar-refractivity contribution in [1.82, 2.24) is 4.98 Å². The normalized spacial score (nSPS) is 12.1. The molecule has 21 heavy (non-hydrogen) atoms. The molecule has 1 aromatic rings. The van der Waals surface area contributed by atoms with Gasteiger partial charge in [-0.05, 0) is 6.92 Å². The molecule has 0 aliphatic carbocycles. The fourth-order valence-electron chi connectivity index (χ4n) is 1.28. The van der Waals surface area contributed by atoms with Crippen LogP contribution in [0.3, 0.4) is 0 Å². The van der Waals surface area contributed by atoms with Gasteiger partial charge in [0.05, 0.1) is 6.61 Å². The first-order valence-electron chi connectivity index (χ1n) is 5.23. The fraction of sp³-hybridized carbons (Fsp3) is 0.400. The molecule has 0 aliphatic rings.